The smallest absolute Gasteiger partial charge is 0.276 e. The Morgan fingerprint density at radius 2 is 2.33 bits per heavy atom. The van der Waals surface area contributed by atoms with Crippen molar-refractivity contribution >= 4 is 17.5 Å². The number of carbonyl (C=O) groups is 1. The minimum atomic E-state index is -0.195. The van der Waals surface area contributed by atoms with Crippen molar-refractivity contribution in [2.45, 2.75) is 18.9 Å². The molecule has 1 fully saturated rings. The maximum atomic E-state index is 12.4. The fourth-order valence-corrected chi connectivity index (χ4v) is 2.71. The van der Waals surface area contributed by atoms with Crippen molar-refractivity contribution in [2.24, 2.45) is 0 Å². The Bertz CT molecular complexity index is 658. The molecule has 0 bridgehead atoms. The average Bonchev–Trinajstić information content (AvgIpc) is 3.15. The Labute approximate surface area is 126 Å². The number of amides is 1. The van der Waals surface area contributed by atoms with Crippen LogP contribution in [0.25, 0.3) is 5.69 Å². The standard InChI is InChI=1S/C14H15ClN4O2/c15-10-3-1-4-11(7-10)19-16-8-13(17-19)14(21)18-6-2-5-12(18)9-20/h1,3-4,7-8,12,20H,2,5-6,9H2/t12-/m1/s1. The first kappa shape index (κ1) is 14.0. The molecule has 1 N–H and O–H groups in total. The first-order chi connectivity index (χ1) is 10.2. The van der Waals surface area contributed by atoms with E-state index in [1.165, 1.54) is 11.0 Å². The highest BCUT2D eigenvalue weighted by atomic mass is 35.5. The van der Waals surface area contributed by atoms with Gasteiger partial charge in [0.05, 0.1) is 24.5 Å². The number of halogens is 1. The van der Waals surface area contributed by atoms with Crippen molar-refractivity contribution in [1.82, 2.24) is 19.9 Å². The molecule has 7 heteroatoms. The van der Waals surface area contributed by atoms with Crippen LogP contribution in [-0.4, -0.2) is 50.1 Å². The number of aromatic nitrogens is 3. The number of hydrogen-bond acceptors (Lipinski definition) is 4. The topological polar surface area (TPSA) is 71.2 Å². The van der Waals surface area contributed by atoms with Gasteiger partial charge in [-0.1, -0.05) is 17.7 Å². The van der Waals surface area contributed by atoms with Crippen molar-refractivity contribution < 1.29 is 9.90 Å². The third-order valence-corrected chi connectivity index (χ3v) is 3.83. The van der Waals surface area contributed by atoms with Gasteiger partial charge < -0.3 is 10.0 Å². The van der Waals surface area contributed by atoms with Crippen LogP contribution in [0, 0.1) is 0 Å². The van der Waals surface area contributed by atoms with Gasteiger partial charge >= 0.3 is 0 Å². The predicted molar refractivity (Wildman–Crippen MR) is 77.5 cm³/mol. The summed E-state index contributed by atoms with van der Waals surface area (Å²) in [6, 6.07) is 6.98. The second-order valence-electron chi connectivity index (χ2n) is 4.98. The summed E-state index contributed by atoms with van der Waals surface area (Å²) in [5.74, 6) is -0.195. The predicted octanol–water partition coefficient (Wildman–Crippen LogP) is 1.52. The molecular weight excluding hydrogens is 292 g/mol. The van der Waals surface area contributed by atoms with E-state index in [1.807, 2.05) is 6.07 Å². The summed E-state index contributed by atoms with van der Waals surface area (Å²) in [7, 11) is 0. The van der Waals surface area contributed by atoms with Crippen LogP contribution in [0.2, 0.25) is 5.02 Å². The normalized spacial score (nSPS) is 18.2. The van der Waals surface area contributed by atoms with Crippen molar-refractivity contribution in [3.63, 3.8) is 0 Å². The molecule has 21 heavy (non-hydrogen) atoms. The fourth-order valence-electron chi connectivity index (χ4n) is 2.53. The Balaban J connectivity index is 1.83. The maximum Gasteiger partial charge on any atom is 0.276 e. The second kappa shape index (κ2) is 5.83. The number of hydrogen-bond donors (Lipinski definition) is 1. The summed E-state index contributed by atoms with van der Waals surface area (Å²) in [5.41, 5.74) is 0.969. The van der Waals surface area contributed by atoms with Crippen LogP contribution in [0.5, 0.6) is 0 Å². The van der Waals surface area contributed by atoms with Gasteiger partial charge in [0.25, 0.3) is 5.91 Å². The molecule has 110 valence electrons. The zero-order valence-corrected chi connectivity index (χ0v) is 12.1. The number of benzene rings is 1. The summed E-state index contributed by atoms with van der Waals surface area (Å²) >= 11 is 5.93. The van der Waals surface area contributed by atoms with Crippen LogP contribution in [-0.2, 0) is 0 Å². The van der Waals surface area contributed by atoms with Crippen LogP contribution < -0.4 is 0 Å². The van der Waals surface area contributed by atoms with Crippen LogP contribution >= 0.6 is 11.6 Å². The summed E-state index contributed by atoms with van der Waals surface area (Å²) in [6.45, 7) is 0.627. The minimum Gasteiger partial charge on any atom is -0.394 e. The molecular formula is C14H15ClN4O2. The highest BCUT2D eigenvalue weighted by Crippen LogP contribution is 2.19. The molecule has 1 aromatic heterocycles. The fraction of sp³-hybridized carbons (Fsp3) is 0.357. The Hall–Kier alpha value is -1.92. The van der Waals surface area contributed by atoms with Gasteiger partial charge in [-0.15, -0.1) is 5.10 Å². The number of rotatable bonds is 3. The van der Waals surface area contributed by atoms with Crippen LogP contribution in [0.3, 0.4) is 0 Å². The van der Waals surface area contributed by atoms with E-state index in [1.54, 1.807) is 23.1 Å². The molecule has 2 heterocycles. The number of aliphatic hydroxyl groups is 1. The molecule has 1 aromatic carbocycles. The zero-order chi connectivity index (χ0) is 14.8. The van der Waals surface area contributed by atoms with Gasteiger partial charge in [-0.2, -0.15) is 9.90 Å². The SMILES string of the molecule is O=C(c1cnn(-c2cccc(Cl)c2)n1)N1CCC[C@@H]1CO. The molecule has 0 unspecified atom stereocenters. The number of likely N-dealkylation sites (tertiary alicyclic amines) is 1. The molecule has 0 saturated carbocycles. The first-order valence-corrected chi connectivity index (χ1v) is 7.17. The molecule has 1 atom stereocenters. The second-order valence-corrected chi connectivity index (χ2v) is 5.41. The lowest BCUT2D eigenvalue weighted by atomic mass is 10.2. The van der Waals surface area contributed by atoms with Crippen molar-refractivity contribution in [2.75, 3.05) is 13.2 Å². The number of aliphatic hydroxyl groups excluding tert-OH is 1. The van der Waals surface area contributed by atoms with Gasteiger partial charge in [-0.25, -0.2) is 0 Å². The van der Waals surface area contributed by atoms with Gasteiger partial charge in [-0.3, -0.25) is 4.79 Å². The van der Waals surface area contributed by atoms with Gasteiger partial charge in [-0.05, 0) is 31.0 Å². The van der Waals surface area contributed by atoms with E-state index >= 15 is 0 Å². The molecule has 1 aliphatic rings. The van der Waals surface area contributed by atoms with E-state index in [4.69, 9.17) is 11.6 Å². The van der Waals surface area contributed by atoms with Crippen LogP contribution in [0.1, 0.15) is 23.3 Å². The molecule has 0 aliphatic carbocycles. The third kappa shape index (κ3) is 2.77. The molecule has 1 aliphatic heterocycles. The van der Waals surface area contributed by atoms with Crippen molar-refractivity contribution in [3.05, 3.63) is 41.2 Å². The van der Waals surface area contributed by atoms with Crippen molar-refractivity contribution in [1.29, 1.82) is 0 Å². The van der Waals surface area contributed by atoms with Crippen molar-refractivity contribution in [3.8, 4) is 5.69 Å². The van der Waals surface area contributed by atoms with Crippen LogP contribution in [0.15, 0.2) is 30.5 Å². The Kier molecular flexibility index (Phi) is 3.90. The minimum absolute atomic E-state index is 0.0197. The molecule has 1 amide bonds. The monoisotopic (exact) mass is 306 g/mol. The summed E-state index contributed by atoms with van der Waals surface area (Å²) in [6.07, 6.45) is 3.17. The molecule has 6 nitrogen and oxygen atoms in total. The highest BCUT2D eigenvalue weighted by molar-refractivity contribution is 6.30. The van der Waals surface area contributed by atoms with E-state index in [0.717, 1.165) is 12.8 Å². The van der Waals surface area contributed by atoms with E-state index in [9.17, 15) is 9.90 Å². The highest BCUT2D eigenvalue weighted by Gasteiger charge is 2.30. The lowest BCUT2D eigenvalue weighted by Crippen LogP contribution is -2.37. The average molecular weight is 307 g/mol. The molecule has 2 aromatic rings. The summed E-state index contributed by atoms with van der Waals surface area (Å²) in [5, 5.41) is 18.2. The molecule has 0 radical (unpaired) electrons. The van der Waals surface area contributed by atoms with Crippen LogP contribution in [0.4, 0.5) is 0 Å². The Morgan fingerprint density at radius 1 is 1.48 bits per heavy atom. The summed E-state index contributed by atoms with van der Waals surface area (Å²) < 4.78 is 0. The van der Waals surface area contributed by atoms with E-state index < -0.39 is 0 Å². The van der Waals surface area contributed by atoms with E-state index in [0.29, 0.717) is 17.3 Å². The van der Waals surface area contributed by atoms with Gasteiger partial charge in [0, 0.05) is 11.6 Å². The number of nitrogens with zero attached hydrogens (tertiary/aromatic N) is 4. The lowest BCUT2D eigenvalue weighted by molar-refractivity contribution is 0.0671. The molecule has 3 rings (SSSR count). The lowest BCUT2D eigenvalue weighted by Gasteiger charge is -2.21. The Morgan fingerprint density at radius 3 is 3.10 bits per heavy atom. The van der Waals surface area contributed by atoms with E-state index in [2.05, 4.69) is 10.2 Å². The molecule has 1 saturated heterocycles. The third-order valence-electron chi connectivity index (χ3n) is 3.60. The maximum absolute atomic E-state index is 12.4. The first-order valence-electron chi connectivity index (χ1n) is 6.79. The quantitative estimate of drug-likeness (QED) is 0.933. The zero-order valence-electron chi connectivity index (χ0n) is 11.3. The van der Waals surface area contributed by atoms with E-state index in [-0.39, 0.29) is 24.2 Å². The van der Waals surface area contributed by atoms with Gasteiger partial charge in [0.1, 0.15) is 0 Å². The largest absolute Gasteiger partial charge is 0.394 e. The van der Waals surface area contributed by atoms with Gasteiger partial charge in [0.15, 0.2) is 5.69 Å². The molecule has 0 spiro atoms. The summed E-state index contributed by atoms with van der Waals surface area (Å²) in [4.78, 5) is 15.4. The number of carbonyl (C=O) groups excluding carboxylic acids is 1. The van der Waals surface area contributed by atoms with Gasteiger partial charge in [0.2, 0.25) is 0 Å².